The minimum Gasteiger partial charge on any atom is -0.336 e. The number of aryl methyl sites for hydroxylation is 2. The van der Waals surface area contributed by atoms with Crippen molar-refractivity contribution in [1.29, 1.82) is 0 Å². The Morgan fingerprint density at radius 1 is 1.08 bits per heavy atom. The highest BCUT2D eigenvalue weighted by atomic mass is 32.1. The highest BCUT2D eigenvalue weighted by Gasteiger charge is 2.24. The second-order valence-corrected chi connectivity index (χ2v) is 9.26. The molecule has 0 saturated carbocycles. The normalized spacial score (nSPS) is 16.1. The van der Waals surface area contributed by atoms with Gasteiger partial charge in [0.05, 0.1) is 12.2 Å². The van der Waals surface area contributed by atoms with Gasteiger partial charge in [-0.25, -0.2) is 4.98 Å². The SMILES string of the molecule is Cc1cc(C)cc(C(=O)N2CCN(Cc3nc(C(C)(C)C)cs3)CC2)c1. The monoisotopic (exact) mass is 371 g/mol. The van der Waals surface area contributed by atoms with Gasteiger partial charge in [-0.1, -0.05) is 38.0 Å². The maximum Gasteiger partial charge on any atom is 0.253 e. The van der Waals surface area contributed by atoms with E-state index in [4.69, 9.17) is 4.98 Å². The van der Waals surface area contributed by atoms with Crippen LogP contribution in [-0.2, 0) is 12.0 Å². The van der Waals surface area contributed by atoms with Gasteiger partial charge in [-0.2, -0.15) is 0 Å². The lowest BCUT2D eigenvalue weighted by atomic mass is 9.93. The molecule has 3 rings (SSSR count). The van der Waals surface area contributed by atoms with Gasteiger partial charge in [-0.05, 0) is 26.0 Å². The van der Waals surface area contributed by atoms with Crippen LogP contribution in [0, 0.1) is 13.8 Å². The molecular weight excluding hydrogens is 342 g/mol. The molecule has 0 aliphatic carbocycles. The Bertz CT molecular complexity index is 763. The van der Waals surface area contributed by atoms with E-state index >= 15 is 0 Å². The lowest BCUT2D eigenvalue weighted by molar-refractivity contribution is 0.0628. The summed E-state index contributed by atoms with van der Waals surface area (Å²) in [4.78, 5) is 22.0. The highest BCUT2D eigenvalue weighted by molar-refractivity contribution is 7.09. The summed E-state index contributed by atoms with van der Waals surface area (Å²) in [5.74, 6) is 0.153. The maximum atomic E-state index is 12.8. The summed E-state index contributed by atoms with van der Waals surface area (Å²) in [6.45, 7) is 14.9. The zero-order valence-electron chi connectivity index (χ0n) is 16.5. The Kier molecular flexibility index (Phi) is 5.49. The summed E-state index contributed by atoms with van der Waals surface area (Å²) in [5.41, 5.74) is 4.37. The molecule has 26 heavy (non-hydrogen) atoms. The van der Waals surface area contributed by atoms with Crippen molar-refractivity contribution in [1.82, 2.24) is 14.8 Å². The van der Waals surface area contributed by atoms with Gasteiger partial charge in [0.1, 0.15) is 5.01 Å². The van der Waals surface area contributed by atoms with Crippen LogP contribution in [0.3, 0.4) is 0 Å². The summed E-state index contributed by atoms with van der Waals surface area (Å²) in [5, 5.41) is 3.35. The standard InChI is InChI=1S/C21H29N3OS/c1-15-10-16(2)12-17(11-15)20(25)24-8-6-23(7-9-24)13-19-22-18(14-26-19)21(3,4)5/h10-12,14H,6-9,13H2,1-5H3. The predicted octanol–water partition coefficient (Wildman–Crippen LogP) is 4.02. The summed E-state index contributed by atoms with van der Waals surface area (Å²) in [6, 6.07) is 6.09. The van der Waals surface area contributed by atoms with Gasteiger partial charge in [-0.3, -0.25) is 9.69 Å². The van der Waals surface area contributed by atoms with Crippen molar-refractivity contribution in [3.05, 3.63) is 51.0 Å². The number of amides is 1. The molecule has 1 aromatic carbocycles. The van der Waals surface area contributed by atoms with E-state index in [1.165, 1.54) is 10.7 Å². The first-order valence-electron chi connectivity index (χ1n) is 9.27. The van der Waals surface area contributed by atoms with E-state index < -0.39 is 0 Å². The Morgan fingerprint density at radius 3 is 2.23 bits per heavy atom. The molecule has 0 N–H and O–H groups in total. The van der Waals surface area contributed by atoms with Crippen LogP contribution in [0.1, 0.15) is 53.0 Å². The molecular formula is C21H29N3OS. The molecule has 1 aliphatic heterocycles. The largest absolute Gasteiger partial charge is 0.336 e. The molecule has 140 valence electrons. The van der Waals surface area contributed by atoms with Crippen LogP contribution >= 0.6 is 11.3 Å². The predicted molar refractivity (Wildman–Crippen MR) is 108 cm³/mol. The molecule has 4 nitrogen and oxygen atoms in total. The fraction of sp³-hybridized carbons (Fsp3) is 0.524. The van der Waals surface area contributed by atoms with Crippen LogP contribution in [0.4, 0.5) is 0 Å². The van der Waals surface area contributed by atoms with Crippen molar-refractivity contribution in [2.24, 2.45) is 0 Å². The Labute approximate surface area is 160 Å². The third-order valence-electron chi connectivity index (χ3n) is 4.81. The number of piperazine rings is 1. The fourth-order valence-corrected chi connectivity index (χ4v) is 4.37. The van der Waals surface area contributed by atoms with E-state index in [0.29, 0.717) is 0 Å². The number of thiazole rings is 1. The van der Waals surface area contributed by atoms with E-state index in [-0.39, 0.29) is 11.3 Å². The molecule has 2 heterocycles. The Balaban J connectivity index is 1.57. The maximum absolute atomic E-state index is 12.8. The number of carbonyl (C=O) groups excluding carboxylic acids is 1. The molecule has 1 fully saturated rings. The van der Waals surface area contributed by atoms with E-state index in [1.807, 2.05) is 30.9 Å². The van der Waals surface area contributed by atoms with Crippen molar-refractivity contribution in [3.8, 4) is 0 Å². The molecule has 1 aliphatic rings. The van der Waals surface area contributed by atoms with Crippen LogP contribution in [0.5, 0.6) is 0 Å². The third kappa shape index (κ3) is 4.51. The highest BCUT2D eigenvalue weighted by Crippen LogP contribution is 2.24. The Hall–Kier alpha value is -1.72. The molecule has 0 radical (unpaired) electrons. The van der Waals surface area contributed by atoms with E-state index in [9.17, 15) is 4.79 Å². The molecule has 2 aromatic rings. The number of hydrogen-bond acceptors (Lipinski definition) is 4. The molecule has 0 unspecified atom stereocenters. The average Bonchev–Trinajstić information content (AvgIpc) is 3.03. The minimum atomic E-state index is 0.103. The fourth-order valence-electron chi connectivity index (χ4n) is 3.31. The van der Waals surface area contributed by atoms with Crippen molar-refractivity contribution in [2.75, 3.05) is 26.2 Å². The van der Waals surface area contributed by atoms with Crippen LogP contribution in [-0.4, -0.2) is 46.9 Å². The smallest absolute Gasteiger partial charge is 0.253 e. The van der Waals surface area contributed by atoms with Gasteiger partial charge in [0.2, 0.25) is 0 Å². The van der Waals surface area contributed by atoms with E-state index in [2.05, 4.69) is 37.1 Å². The number of benzene rings is 1. The lowest BCUT2D eigenvalue weighted by Gasteiger charge is -2.34. The first-order valence-corrected chi connectivity index (χ1v) is 10.1. The molecule has 0 atom stereocenters. The average molecular weight is 372 g/mol. The Morgan fingerprint density at radius 2 is 1.69 bits per heavy atom. The van der Waals surface area contributed by atoms with Gasteiger partial charge >= 0.3 is 0 Å². The third-order valence-corrected chi connectivity index (χ3v) is 5.64. The molecule has 5 heteroatoms. The van der Waals surface area contributed by atoms with Crippen molar-refractivity contribution >= 4 is 17.2 Å². The van der Waals surface area contributed by atoms with E-state index in [0.717, 1.165) is 49.4 Å². The van der Waals surface area contributed by atoms with Gasteiger partial charge in [0.15, 0.2) is 0 Å². The van der Waals surface area contributed by atoms with Gasteiger partial charge in [-0.15, -0.1) is 11.3 Å². The van der Waals surface area contributed by atoms with Crippen molar-refractivity contribution in [2.45, 2.75) is 46.6 Å². The number of rotatable bonds is 3. The number of nitrogens with zero attached hydrogens (tertiary/aromatic N) is 3. The van der Waals surface area contributed by atoms with Crippen LogP contribution in [0.25, 0.3) is 0 Å². The van der Waals surface area contributed by atoms with Crippen molar-refractivity contribution < 1.29 is 4.79 Å². The molecule has 0 bridgehead atoms. The van der Waals surface area contributed by atoms with Gasteiger partial charge in [0, 0.05) is 42.5 Å². The second kappa shape index (κ2) is 7.49. The molecule has 0 spiro atoms. The first-order chi connectivity index (χ1) is 12.2. The van der Waals surface area contributed by atoms with Gasteiger partial charge < -0.3 is 4.90 Å². The summed E-state index contributed by atoms with van der Waals surface area (Å²) < 4.78 is 0. The lowest BCUT2D eigenvalue weighted by Crippen LogP contribution is -2.48. The quantitative estimate of drug-likeness (QED) is 0.818. The minimum absolute atomic E-state index is 0.103. The summed E-state index contributed by atoms with van der Waals surface area (Å²) in [6.07, 6.45) is 0. The summed E-state index contributed by atoms with van der Waals surface area (Å²) in [7, 11) is 0. The van der Waals surface area contributed by atoms with Crippen molar-refractivity contribution in [3.63, 3.8) is 0 Å². The number of carbonyl (C=O) groups is 1. The summed E-state index contributed by atoms with van der Waals surface area (Å²) >= 11 is 1.74. The van der Waals surface area contributed by atoms with Crippen LogP contribution in [0.15, 0.2) is 23.6 Å². The first kappa shape index (κ1) is 19.1. The topological polar surface area (TPSA) is 36.4 Å². The van der Waals surface area contributed by atoms with E-state index in [1.54, 1.807) is 11.3 Å². The second-order valence-electron chi connectivity index (χ2n) is 8.32. The molecule has 1 aromatic heterocycles. The molecule has 1 saturated heterocycles. The van der Waals surface area contributed by atoms with Crippen LogP contribution in [0.2, 0.25) is 0 Å². The van der Waals surface area contributed by atoms with Gasteiger partial charge in [0.25, 0.3) is 5.91 Å². The zero-order chi connectivity index (χ0) is 18.9. The number of hydrogen-bond donors (Lipinski definition) is 0. The zero-order valence-corrected chi connectivity index (χ0v) is 17.3. The molecule has 1 amide bonds. The number of aromatic nitrogens is 1. The van der Waals surface area contributed by atoms with Crippen LogP contribution < -0.4 is 0 Å².